The van der Waals surface area contributed by atoms with E-state index < -0.39 is 0 Å². The fourth-order valence-corrected chi connectivity index (χ4v) is 3.80. The van der Waals surface area contributed by atoms with Crippen LogP contribution in [0.2, 0.25) is 0 Å². The fraction of sp³-hybridized carbons (Fsp3) is 0.235. The lowest BCUT2D eigenvalue weighted by Crippen LogP contribution is -1.98. The number of methoxy groups -OCH3 is 1. The minimum absolute atomic E-state index is 0.0901. The maximum absolute atomic E-state index is 11.6. The Hall–Kier alpha value is -2.87. The van der Waals surface area contributed by atoms with E-state index in [4.69, 9.17) is 4.74 Å². The number of aromatic nitrogens is 4. The van der Waals surface area contributed by atoms with Crippen LogP contribution in [0.3, 0.4) is 0 Å². The van der Waals surface area contributed by atoms with Gasteiger partial charge in [0, 0.05) is 11.8 Å². The van der Waals surface area contributed by atoms with Crippen LogP contribution in [0.15, 0.2) is 23.3 Å². The molecule has 0 aliphatic heterocycles. The normalized spacial score (nSPS) is 11.3. The summed E-state index contributed by atoms with van der Waals surface area (Å²) < 4.78 is 6.33. The third-order valence-electron chi connectivity index (χ3n) is 4.29. The van der Waals surface area contributed by atoms with Gasteiger partial charge in [-0.25, -0.2) is 9.97 Å². The number of rotatable bonds is 4. The SMILES string of the molecule is CCc1[nH]c2ncnc(Nc3cc4sc(=O)[nH]c4cc3OC)c2c1C. The summed E-state index contributed by atoms with van der Waals surface area (Å²) in [4.78, 5) is 26.4. The number of hydrogen-bond donors (Lipinski definition) is 3. The molecule has 0 spiro atoms. The third kappa shape index (κ3) is 2.54. The summed E-state index contributed by atoms with van der Waals surface area (Å²) >= 11 is 1.16. The van der Waals surface area contributed by atoms with Crippen molar-refractivity contribution in [3.05, 3.63) is 39.4 Å². The van der Waals surface area contributed by atoms with Crippen LogP contribution in [0, 0.1) is 6.92 Å². The van der Waals surface area contributed by atoms with E-state index in [2.05, 4.69) is 39.1 Å². The van der Waals surface area contributed by atoms with Crippen molar-refractivity contribution < 1.29 is 4.74 Å². The summed E-state index contributed by atoms with van der Waals surface area (Å²) in [5, 5.41) is 4.30. The van der Waals surface area contributed by atoms with Crippen LogP contribution in [-0.2, 0) is 6.42 Å². The Kier molecular flexibility index (Phi) is 3.69. The Bertz CT molecular complexity index is 1140. The van der Waals surface area contributed by atoms with E-state index >= 15 is 0 Å². The third-order valence-corrected chi connectivity index (χ3v) is 5.14. The summed E-state index contributed by atoms with van der Waals surface area (Å²) in [7, 11) is 1.60. The molecule has 3 N–H and O–H groups in total. The number of hydrogen-bond acceptors (Lipinski definition) is 6. The minimum Gasteiger partial charge on any atom is -0.494 e. The molecule has 0 aliphatic rings. The molecule has 0 aliphatic carbocycles. The van der Waals surface area contributed by atoms with Crippen molar-refractivity contribution in [2.24, 2.45) is 0 Å². The number of ether oxygens (including phenoxy) is 1. The zero-order chi connectivity index (χ0) is 17.6. The summed E-state index contributed by atoms with van der Waals surface area (Å²) in [6, 6.07) is 3.71. The molecule has 8 heteroatoms. The zero-order valence-electron chi connectivity index (χ0n) is 14.1. The number of fused-ring (bicyclic) bond motifs is 2. The van der Waals surface area contributed by atoms with E-state index in [1.807, 2.05) is 12.1 Å². The first-order valence-electron chi connectivity index (χ1n) is 7.90. The number of benzene rings is 1. The van der Waals surface area contributed by atoms with Crippen molar-refractivity contribution in [1.82, 2.24) is 19.9 Å². The first-order valence-corrected chi connectivity index (χ1v) is 8.72. The molecule has 1 aromatic carbocycles. The molecule has 0 bridgehead atoms. The van der Waals surface area contributed by atoms with E-state index in [0.29, 0.717) is 11.6 Å². The van der Waals surface area contributed by atoms with Crippen LogP contribution in [0.1, 0.15) is 18.2 Å². The molecule has 0 fully saturated rings. The lowest BCUT2D eigenvalue weighted by atomic mass is 10.1. The molecule has 0 amide bonds. The van der Waals surface area contributed by atoms with E-state index in [-0.39, 0.29) is 4.87 Å². The van der Waals surface area contributed by atoms with Crippen LogP contribution in [0.5, 0.6) is 5.75 Å². The van der Waals surface area contributed by atoms with Gasteiger partial charge in [-0.2, -0.15) is 0 Å². The topological polar surface area (TPSA) is 95.7 Å². The minimum atomic E-state index is -0.0901. The summed E-state index contributed by atoms with van der Waals surface area (Å²) in [6.07, 6.45) is 2.42. The van der Waals surface area contributed by atoms with Crippen molar-refractivity contribution in [3.63, 3.8) is 0 Å². The summed E-state index contributed by atoms with van der Waals surface area (Å²) in [5.74, 6) is 1.34. The molecule has 0 saturated carbocycles. The number of aryl methyl sites for hydroxylation is 2. The Balaban J connectivity index is 1.87. The average Bonchev–Trinajstić information content (AvgIpc) is 3.13. The van der Waals surface area contributed by atoms with Crippen molar-refractivity contribution in [2.75, 3.05) is 12.4 Å². The van der Waals surface area contributed by atoms with Gasteiger partial charge in [0.25, 0.3) is 0 Å². The quantitative estimate of drug-likeness (QED) is 0.521. The molecule has 0 unspecified atom stereocenters. The van der Waals surface area contributed by atoms with Gasteiger partial charge in [-0.3, -0.25) is 4.79 Å². The summed E-state index contributed by atoms with van der Waals surface area (Å²) in [6.45, 7) is 4.16. The maximum Gasteiger partial charge on any atom is 0.305 e. The van der Waals surface area contributed by atoms with E-state index in [0.717, 1.165) is 56.0 Å². The first kappa shape index (κ1) is 15.6. The first-order chi connectivity index (χ1) is 12.1. The molecule has 3 heterocycles. The van der Waals surface area contributed by atoms with Gasteiger partial charge in [0.15, 0.2) is 0 Å². The Morgan fingerprint density at radius 1 is 1.28 bits per heavy atom. The number of aromatic amines is 2. The van der Waals surface area contributed by atoms with Gasteiger partial charge < -0.3 is 20.0 Å². The molecule has 128 valence electrons. The lowest BCUT2D eigenvalue weighted by Gasteiger charge is -2.11. The van der Waals surface area contributed by atoms with Gasteiger partial charge in [0.05, 0.1) is 28.4 Å². The Labute approximate surface area is 147 Å². The predicted octanol–water partition coefficient (Wildman–Crippen LogP) is 3.48. The Morgan fingerprint density at radius 3 is 2.88 bits per heavy atom. The van der Waals surface area contributed by atoms with Gasteiger partial charge in [-0.15, -0.1) is 0 Å². The second kappa shape index (κ2) is 5.89. The standard InChI is InChI=1S/C17H17N5O2S/c1-4-9-8(2)14-15(20-9)18-7-19-16(14)21-10-6-13-11(5-12(10)24-3)22-17(23)25-13/h5-7H,4H2,1-3H3,(H,22,23)(H2,18,19,20,21). The summed E-state index contributed by atoms with van der Waals surface area (Å²) in [5.41, 5.74) is 4.59. The molecule has 0 atom stereocenters. The Morgan fingerprint density at radius 2 is 2.12 bits per heavy atom. The highest BCUT2D eigenvalue weighted by atomic mass is 32.1. The van der Waals surface area contributed by atoms with Gasteiger partial charge in [0.2, 0.25) is 0 Å². The highest BCUT2D eigenvalue weighted by Gasteiger charge is 2.15. The van der Waals surface area contributed by atoms with Crippen LogP contribution in [0.25, 0.3) is 21.3 Å². The van der Waals surface area contributed by atoms with Gasteiger partial charge in [0.1, 0.15) is 23.5 Å². The van der Waals surface area contributed by atoms with Crippen molar-refractivity contribution in [2.45, 2.75) is 20.3 Å². The van der Waals surface area contributed by atoms with E-state index in [9.17, 15) is 4.79 Å². The number of anilines is 2. The molecule has 4 rings (SSSR count). The van der Waals surface area contributed by atoms with E-state index in [1.165, 1.54) is 6.33 Å². The molecular weight excluding hydrogens is 338 g/mol. The van der Waals surface area contributed by atoms with Crippen LogP contribution in [-0.4, -0.2) is 27.0 Å². The number of nitrogens with one attached hydrogen (secondary N) is 3. The zero-order valence-corrected chi connectivity index (χ0v) is 14.9. The van der Waals surface area contributed by atoms with Crippen LogP contribution < -0.4 is 14.9 Å². The smallest absolute Gasteiger partial charge is 0.305 e. The molecular formula is C17H17N5O2S. The second-order valence-electron chi connectivity index (χ2n) is 5.72. The number of thiazole rings is 1. The van der Waals surface area contributed by atoms with Gasteiger partial charge in [-0.1, -0.05) is 18.3 Å². The van der Waals surface area contributed by atoms with Gasteiger partial charge >= 0.3 is 4.87 Å². The molecule has 4 aromatic rings. The van der Waals surface area contributed by atoms with Crippen LogP contribution >= 0.6 is 11.3 Å². The number of nitrogens with zero attached hydrogens (tertiary/aromatic N) is 2. The molecule has 0 saturated heterocycles. The highest BCUT2D eigenvalue weighted by molar-refractivity contribution is 7.16. The maximum atomic E-state index is 11.6. The van der Waals surface area contributed by atoms with E-state index in [1.54, 1.807) is 7.11 Å². The van der Waals surface area contributed by atoms with Crippen molar-refractivity contribution >= 4 is 44.1 Å². The highest BCUT2D eigenvalue weighted by Crippen LogP contribution is 2.35. The van der Waals surface area contributed by atoms with Crippen LogP contribution in [0.4, 0.5) is 11.5 Å². The predicted molar refractivity (Wildman–Crippen MR) is 100 cm³/mol. The lowest BCUT2D eigenvalue weighted by molar-refractivity contribution is 0.417. The number of H-pyrrole nitrogens is 2. The van der Waals surface area contributed by atoms with Crippen molar-refractivity contribution in [1.29, 1.82) is 0 Å². The monoisotopic (exact) mass is 355 g/mol. The second-order valence-corrected chi connectivity index (χ2v) is 6.73. The average molecular weight is 355 g/mol. The largest absolute Gasteiger partial charge is 0.494 e. The molecule has 25 heavy (non-hydrogen) atoms. The van der Waals surface area contributed by atoms with Gasteiger partial charge in [-0.05, 0) is 25.0 Å². The molecule has 3 aromatic heterocycles. The fourth-order valence-electron chi connectivity index (χ4n) is 3.04. The van der Waals surface area contributed by atoms with Crippen molar-refractivity contribution in [3.8, 4) is 5.75 Å². The molecule has 0 radical (unpaired) electrons. The molecule has 7 nitrogen and oxygen atoms in total.